The van der Waals surface area contributed by atoms with Gasteiger partial charge < -0.3 is 16.0 Å². The van der Waals surface area contributed by atoms with Crippen LogP contribution in [0.2, 0.25) is 0 Å². The lowest BCUT2D eigenvalue weighted by atomic mass is 10.4. The number of amides is 1. The van der Waals surface area contributed by atoms with Crippen molar-refractivity contribution in [1.29, 1.82) is 0 Å². The fourth-order valence-corrected chi connectivity index (χ4v) is 0.700. The van der Waals surface area contributed by atoms with Gasteiger partial charge in [0.1, 0.15) is 0 Å². The maximum atomic E-state index is 10.7. The lowest BCUT2D eigenvalue weighted by molar-refractivity contribution is -0.116. The third kappa shape index (κ3) is 8.46. The predicted octanol–water partition coefficient (Wildman–Crippen LogP) is 0.205. The van der Waals surface area contributed by atoms with Crippen LogP contribution in [0.25, 0.3) is 0 Å². The molecule has 0 aliphatic heterocycles. The first-order valence-corrected chi connectivity index (χ1v) is 4.27. The summed E-state index contributed by atoms with van der Waals surface area (Å²) in [6.45, 7) is 4.87. The molecule has 0 saturated heterocycles. The first-order valence-electron chi connectivity index (χ1n) is 4.27. The Bertz CT molecular complexity index is 183. The van der Waals surface area contributed by atoms with Crippen molar-refractivity contribution in [2.45, 2.75) is 6.42 Å². The molecule has 0 radical (unpaired) electrons. The van der Waals surface area contributed by atoms with Gasteiger partial charge in [0.05, 0.1) is 0 Å². The molecule has 3 N–H and O–H groups in total. The third-order valence-corrected chi connectivity index (χ3v) is 1.35. The van der Waals surface area contributed by atoms with E-state index in [0.717, 1.165) is 13.0 Å². The second-order valence-corrected chi connectivity index (χ2v) is 2.42. The number of hydrogen-bond acceptors (Lipinski definition) is 3. The molecule has 0 aromatic heterocycles. The zero-order chi connectivity index (χ0) is 9.94. The third-order valence-electron chi connectivity index (χ3n) is 1.35. The van der Waals surface area contributed by atoms with E-state index in [1.54, 1.807) is 0 Å². The quantitative estimate of drug-likeness (QED) is 0.392. The van der Waals surface area contributed by atoms with E-state index in [2.05, 4.69) is 22.5 Å². The molecular formula is C9H19N3O. The summed E-state index contributed by atoms with van der Waals surface area (Å²) in [5.41, 5.74) is 0. The lowest BCUT2D eigenvalue weighted by Crippen LogP contribution is -2.24. The standard InChI is InChI=1S/C9H17N3O.H2/c1-3-9(13)12-6-4-5-11-8-7-10-2;/h3,7-8,10-11H,1,4-6H2,2H3,(H,12,13);1H/b8-7-;. The van der Waals surface area contributed by atoms with Crippen molar-refractivity contribution in [3.8, 4) is 0 Å². The largest absolute Gasteiger partial charge is 0.393 e. The Morgan fingerprint density at radius 3 is 2.85 bits per heavy atom. The Morgan fingerprint density at radius 2 is 2.23 bits per heavy atom. The zero-order valence-electron chi connectivity index (χ0n) is 7.97. The molecule has 0 aromatic rings. The molecular weight excluding hydrogens is 166 g/mol. The van der Waals surface area contributed by atoms with Gasteiger partial charge in [-0.3, -0.25) is 4.79 Å². The van der Waals surface area contributed by atoms with Crippen molar-refractivity contribution in [3.05, 3.63) is 25.1 Å². The average Bonchev–Trinajstić information content (AvgIpc) is 2.16. The topological polar surface area (TPSA) is 53.2 Å². The van der Waals surface area contributed by atoms with Gasteiger partial charge in [-0.05, 0) is 12.5 Å². The molecule has 0 unspecified atom stereocenters. The monoisotopic (exact) mass is 185 g/mol. The van der Waals surface area contributed by atoms with Gasteiger partial charge in [-0.15, -0.1) is 0 Å². The average molecular weight is 185 g/mol. The molecule has 0 aliphatic rings. The second-order valence-electron chi connectivity index (χ2n) is 2.42. The van der Waals surface area contributed by atoms with Gasteiger partial charge in [0, 0.05) is 34.0 Å². The molecule has 1 amide bonds. The van der Waals surface area contributed by atoms with Crippen LogP contribution in [0.4, 0.5) is 0 Å². The molecule has 0 aromatic carbocycles. The second kappa shape index (κ2) is 8.64. The molecule has 76 valence electrons. The number of rotatable bonds is 7. The highest BCUT2D eigenvalue weighted by molar-refractivity contribution is 5.86. The van der Waals surface area contributed by atoms with Crippen molar-refractivity contribution >= 4 is 5.91 Å². The van der Waals surface area contributed by atoms with E-state index in [-0.39, 0.29) is 7.33 Å². The van der Waals surface area contributed by atoms with Crippen molar-refractivity contribution in [1.82, 2.24) is 16.0 Å². The van der Waals surface area contributed by atoms with Crippen LogP contribution in [0.3, 0.4) is 0 Å². The highest BCUT2D eigenvalue weighted by Gasteiger charge is 1.90. The molecule has 0 spiro atoms. The Labute approximate surface area is 80.6 Å². The van der Waals surface area contributed by atoms with E-state index in [9.17, 15) is 4.79 Å². The summed E-state index contributed by atoms with van der Waals surface area (Å²) >= 11 is 0. The number of carbonyl (C=O) groups excluding carboxylic acids is 1. The first kappa shape index (κ1) is 11.6. The molecule has 0 aliphatic carbocycles. The smallest absolute Gasteiger partial charge is 0.243 e. The highest BCUT2D eigenvalue weighted by atomic mass is 16.1. The van der Waals surface area contributed by atoms with Crippen LogP contribution in [0.15, 0.2) is 25.1 Å². The summed E-state index contributed by atoms with van der Waals surface area (Å²) in [7, 11) is 1.84. The van der Waals surface area contributed by atoms with E-state index in [1.165, 1.54) is 6.08 Å². The molecule has 0 saturated carbocycles. The summed E-state index contributed by atoms with van der Waals surface area (Å²) < 4.78 is 0. The number of hydrogen-bond donors (Lipinski definition) is 3. The summed E-state index contributed by atoms with van der Waals surface area (Å²) in [5, 5.41) is 8.60. The Morgan fingerprint density at radius 1 is 1.46 bits per heavy atom. The SMILES string of the molecule is C=CC(=O)NCCCN/C=C\NC.[HH]. The Kier molecular flexibility index (Phi) is 7.68. The minimum atomic E-state index is -0.120. The van der Waals surface area contributed by atoms with E-state index < -0.39 is 0 Å². The van der Waals surface area contributed by atoms with Crippen LogP contribution in [-0.2, 0) is 4.79 Å². The molecule has 0 rings (SSSR count). The van der Waals surface area contributed by atoms with Crippen molar-refractivity contribution in [2.24, 2.45) is 0 Å². The van der Waals surface area contributed by atoms with Crippen LogP contribution in [-0.4, -0.2) is 26.0 Å². The zero-order valence-corrected chi connectivity index (χ0v) is 7.97. The fourth-order valence-electron chi connectivity index (χ4n) is 0.700. The van der Waals surface area contributed by atoms with Crippen LogP contribution < -0.4 is 16.0 Å². The summed E-state index contributed by atoms with van der Waals surface area (Å²) in [6, 6.07) is 0. The molecule has 4 heteroatoms. The molecule has 4 nitrogen and oxygen atoms in total. The number of carbonyl (C=O) groups is 1. The van der Waals surface area contributed by atoms with Crippen molar-refractivity contribution in [2.75, 3.05) is 20.1 Å². The van der Waals surface area contributed by atoms with E-state index >= 15 is 0 Å². The van der Waals surface area contributed by atoms with Crippen LogP contribution in [0.1, 0.15) is 7.85 Å². The minimum absolute atomic E-state index is 0. The molecule has 0 heterocycles. The van der Waals surface area contributed by atoms with Gasteiger partial charge in [0.15, 0.2) is 0 Å². The van der Waals surface area contributed by atoms with Gasteiger partial charge in [-0.1, -0.05) is 6.58 Å². The summed E-state index contributed by atoms with van der Waals surface area (Å²) in [6.07, 6.45) is 5.81. The summed E-state index contributed by atoms with van der Waals surface area (Å²) in [4.78, 5) is 10.7. The van der Waals surface area contributed by atoms with E-state index in [1.807, 2.05) is 19.4 Å². The Balaban J connectivity index is 0. The van der Waals surface area contributed by atoms with E-state index in [4.69, 9.17) is 0 Å². The maximum Gasteiger partial charge on any atom is 0.243 e. The highest BCUT2D eigenvalue weighted by Crippen LogP contribution is 1.74. The molecule has 0 atom stereocenters. The van der Waals surface area contributed by atoms with Crippen molar-refractivity contribution in [3.63, 3.8) is 0 Å². The molecule has 13 heavy (non-hydrogen) atoms. The predicted molar refractivity (Wildman–Crippen MR) is 56.1 cm³/mol. The first-order chi connectivity index (χ1) is 6.31. The van der Waals surface area contributed by atoms with Crippen molar-refractivity contribution < 1.29 is 6.22 Å². The lowest BCUT2D eigenvalue weighted by Gasteiger charge is -2.01. The van der Waals surface area contributed by atoms with Gasteiger partial charge >= 0.3 is 0 Å². The van der Waals surface area contributed by atoms with Gasteiger partial charge in [0.25, 0.3) is 0 Å². The molecule has 0 fully saturated rings. The van der Waals surface area contributed by atoms with Crippen LogP contribution in [0.5, 0.6) is 0 Å². The van der Waals surface area contributed by atoms with Gasteiger partial charge in [-0.25, -0.2) is 0 Å². The fraction of sp³-hybridized carbons (Fsp3) is 0.444. The van der Waals surface area contributed by atoms with E-state index in [0.29, 0.717) is 6.54 Å². The maximum absolute atomic E-state index is 10.7. The van der Waals surface area contributed by atoms with Crippen LogP contribution >= 0.6 is 0 Å². The minimum Gasteiger partial charge on any atom is -0.393 e. The number of nitrogens with one attached hydrogen (secondary N) is 3. The van der Waals surface area contributed by atoms with Gasteiger partial charge in [0.2, 0.25) is 5.91 Å². The Hall–Kier alpha value is -1.45. The van der Waals surface area contributed by atoms with Crippen LogP contribution in [0, 0.1) is 0 Å². The normalized spacial score (nSPS) is 9.62. The molecule has 0 bridgehead atoms. The summed E-state index contributed by atoms with van der Waals surface area (Å²) in [5.74, 6) is -0.120. The van der Waals surface area contributed by atoms with Gasteiger partial charge in [-0.2, -0.15) is 0 Å².